The van der Waals surface area contributed by atoms with Crippen LogP contribution in [0.4, 0.5) is 5.69 Å². The van der Waals surface area contributed by atoms with Crippen LogP contribution >= 0.6 is 15.9 Å². The number of hydrogen-bond acceptors (Lipinski definition) is 5. The molecule has 1 aromatic heterocycles. The van der Waals surface area contributed by atoms with Crippen molar-refractivity contribution < 1.29 is 9.59 Å². The van der Waals surface area contributed by atoms with Crippen molar-refractivity contribution in [1.82, 2.24) is 25.9 Å². The Kier molecular flexibility index (Phi) is 4.85. The number of amides is 2. The van der Waals surface area contributed by atoms with E-state index in [0.29, 0.717) is 25.2 Å². The van der Waals surface area contributed by atoms with E-state index in [2.05, 4.69) is 41.9 Å². The first kappa shape index (κ1) is 17.5. The van der Waals surface area contributed by atoms with E-state index >= 15 is 0 Å². The quantitative estimate of drug-likeness (QED) is 0.704. The molecule has 0 saturated heterocycles. The Balaban J connectivity index is 1.59. The molecule has 0 radical (unpaired) electrons. The SMILES string of the molecule is CC1(C)C(=O)N(CC(=O)NCCCc2nn[nH]n2)c2ccc(Br)cc21. The number of benzene rings is 1. The Labute approximate surface area is 153 Å². The molecule has 0 unspecified atom stereocenters. The van der Waals surface area contributed by atoms with Gasteiger partial charge in [-0.3, -0.25) is 9.59 Å². The first-order valence-corrected chi connectivity index (χ1v) is 8.80. The topological polar surface area (TPSA) is 104 Å². The molecule has 2 aromatic rings. The second kappa shape index (κ2) is 6.91. The Morgan fingerprint density at radius 1 is 1.40 bits per heavy atom. The summed E-state index contributed by atoms with van der Waals surface area (Å²) in [6, 6.07) is 5.69. The van der Waals surface area contributed by atoms with Gasteiger partial charge in [0, 0.05) is 23.1 Å². The number of rotatable bonds is 6. The first-order chi connectivity index (χ1) is 11.9. The summed E-state index contributed by atoms with van der Waals surface area (Å²) in [6.45, 7) is 4.26. The van der Waals surface area contributed by atoms with Gasteiger partial charge in [-0.05, 0) is 44.0 Å². The maximum absolute atomic E-state index is 12.7. The van der Waals surface area contributed by atoms with Crippen LogP contribution in [0.3, 0.4) is 0 Å². The highest BCUT2D eigenvalue weighted by molar-refractivity contribution is 9.10. The number of carbonyl (C=O) groups is 2. The minimum atomic E-state index is -0.641. The van der Waals surface area contributed by atoms with Gasteiger partial charge in [-0.25, -0.2) is 0 Å². The van der Waals surface area contributed by atoms with Gasteiger partial charge in [-0.1, -0.05) is 21.1 Å². The number of aromatic nitrogens is 4. The van der Waals surface area contributed by atoms with Crippen LogP contribution in [0.25, 0.3) is 0 Å². The molecule has 2 heterocycles. The minimum absolute atomic E-state index is 0.0130. The molecule has 3 rings (SSSR count). The molecular weight excluding hydrogens is 388 g/mol. The average Bonchev–Trinajstić information content (AvgIpc) is 3.14. The van der Waals surface area contributed by atoms with Crippen molar-refractivity contribution in [2.75, 3.05) is 18.0 Å². The standard InChI is InChI=1S/C16H19BrN6O2/c1-16(2)11-8-10(17)5-6-12(11)23(15(16)25)9-14(24)18-7-3-4-13-19-21-22-20-13/h5-6,8H,3-4,7,9H2,1-2H3,(H,18,24)(H,19,20,21,22). The molecule has 0 aliphatic carbocycles. The fourth-order valence-electron chi connectivity index (χ4n) is 2.93. The molecule has 1 aliphatic heterocycles. The molecule has 0 bridgehead atoms. The van der Waals surface area contributed by atoms with Crippen LogP contribution in [0.1, 0.15) is 31.7 Å². The molecule has 9 heteroatoms. The van der Waals surface area contributed by atoms with E-state index in [0.717, 1.165) is 15.7 Å². The van der Waals surface area contributed by atoms with Crippen LogP contribution in [-0.4, -0.2) is 45.5 Å². The van der Waals surface area contributed by atoms with E-state index in [1.807, 2.05) is 32.0 Å². The summed E-state index contributed by atoms with van der Waals surface area (Å²) in [5, 5.41) is 16.4. The van der Waals surface area contributed by atoms with Crippen LogP contribution < -0.4 is 10.2 Å². The summed E-state index contributed by atoms with van der Waals surface area (Å²) >= 11 is 3.44. The van der Waals surface area contributed by atoms with Crippen molar-refractivity contribution >= 4 is 33.4 Å². The lowest BCUT2D eigenvalue weighted by Gasteiger charge is -2.20. The molecule has 8 nitrogen and oxygen atoms in total. The van der Waals surface area contributed by atoms with Crippen LogP contribution in [0.15, 0.2) is 22.7 Å². The second-order valence-electron chi connectivity index (χ2n) is 6.46. The van der Waals surface area contributed by atoms with Gasteiger partial charge in [0.05, 0.1) is 5.41 Å². The molecule has 1 aliphatic rings. The van der Waals surface area contributed by atoms with Gasteiger partial charge in [0.25, 0.3) is 0 Å². The van der Waals surface area contributed by atoms with Gasteiger partial charge in [0.1, 0.15) is 6.54 Å². The van der Waals surface area contributed by atoms with Gasteiger partial charge in [0.2, 0.25) is 11.8 Å². The zero-order chi connectivity index (χ0) is 18.0. The highest BCUT2D eigenvalue weighted by atomic mass is 79.9. The predicted octanol–water partition coefficient (Wildman–Crippen LogP) is 1.34. The lowest BCUT2D eigenvalue weighted by atomic mass is 9.86. The van der Waals surface area contributed by atoms with Gasteiger partial charge in [0.15, 0.2) is 5.82 Å². The molecule has 25 heavy (non-hydrogen) atoms. The summed E-state index contributed by atoms with van der Waals surface area (Å²) < 4.78 is 0.917. The highest BCUT2D eigenvalue weighted by Crippen LogP contribution is 2.42. The Morgan fingerprint density at radius 3 is 2.92 bits per heavy atom. The smallest absolute Gasteiger partial charge is 0.240 e. The summed E-state index contributed by atoms with van der Waals surface area (Å²) in [4.78, 5) is 26.5. The van der Waals surface area contributed by atoms with E-state index in [1.165, 1.54) is 0 Å². The van der Waals surface area contributed by atoms with Crippen molar-refractivity contribution in [2.24, 2.45) is 0 Å². The number of tetrazole rings is 1. The van der Waals surface area contributed by atoms with Crippen molar-refractivity contribution in [3.8, 4) is 0 Å². The summed E-state index contributed by atoms with van der Waals surface area (Å²) in [6.07, 6.45) is 1.33. The molecule has 132 valence electrons. The molecule has 2 amide bonds. The van der Waals surface area contributed by atoms with Crippen molar-refractivity contribution in [2.45, 2.75) is 32.1 Å². The predicted molar refractivity (Wildman–Crippen MR) is 95.0 cm³/mol. The Morgan fingerprint density at radius 2 is 2.20 bits per heavy atom. The maximum atomic E-state index is 12.7. The molecule has 2 N–H and O–H groups in total. The highest BCUT2D eigenvalue weighted by Gasteiger charge is 2.44. The van der Waals surface area contributed by atoms with E-state index < -0.39 is 5.41 Å². The zero-order valence-electron chi connectivity index (χ0n) is 14.0. The van der Waals surface area contributed by atoms with E-state index in [-0.39, 0.29) is 18.4 Å². The number of aryl methyl sites for hydroxylation is 1. The number of aromatic amines is 1. The summed E-state index contributed by atoms with van der Waals surface area (Å²) in [7, 11) is 0. The van der Waals surface area contributed by atoms with Crippen LogP contribution in [0, 0.1) is 0 Å². The lowest BCUT2D eigenvalue weighted by Crippen LogP contribution is -2.43. The number of anilines is 1. The molecule has 0 spiro atoms. The summed E-state index contributed by atoms with van der Waals surface area (Å²) in [5.41, 5.74) is 1.08. The minimum Gasteiger partial charge on any atom is -0.355 e. The van der Waals surface area contributed by atoms with Crippen molar-refractivity contribution in [3.63, 3.8) is 0 Å². The Bertz CT molecular complexity index is 790. The first-order valence-electron chi connectivity index (χ1n) is 8.00. The third-order valence-electron chi connectivity index (χ3n) is 4.29. The molecular formula is C16H19BrN6O2. The van der Waals surface area contributed by atoms with Crippen molar-refractivity contribution in [3.05, 3.63) is 34.1 Å². The van der Waals surface area contributed by atoms with E-state index in [1.54, 1.807) is 4.90 Å². The second-order valence-corrected chi connectivity index (χ2v) is 7.37. The summed E-state index contributed by atoms with van der Waals surface area (Å²) in [5.74, 6) is 0.362. The van der Waals surface area contributed by atoms with Crippen LogP contribution in [0.2, 0.25) is 0 Å². The number of nitrogens with one attached hydrogen (secondary N) is 2. The van der Waals surface area contributed by atoms with E-state index in [9.17, 15) is 9.59 Å². The third kappa shape index (κ3) is 3.55. The normalized spacial score (nSPS) is 15.3. The number of H-pyrrole nitrogens is 1. The van der Waals surface area contributed by atoms with Crippen LogP contribution in [0.5, 0.6) is 0 Å². The number of fused-ring (bicyclic) bond motifs is 1. The molecule has 0 atom stereocenters. The molecule has 1 aromatic carbocycles. The number of nitrogens with zero attached hydrogens (tertiary/aromatic N) is 4. The molecule has 0 fully saturated rings. The number of carbonyl (C=O) groups excluding carboxylic acids is 2. The van der Waals surface area contributed by atoms with Gasteiger partial charge in [-0.15, -0.1) is 10.2 Å². The van der Waals surface area contributed by atoms with Gasteiger partial charge < -0.3 is 10.2 Å². The third-order valence-corrected chi connectivity index (χ3v) is 4.79. The zero-order valence-corrected chi connectivity index (χ0v) is 15.6. The van der Waals surface area contributed by atoms with Crippen LogP contribution in [-0.2, 0) is 21.4 Å². The van der Waals surface area contributed by atoms with Gasteiger partial charge >= 0.3 is 0 Å². The Hall–Kier alpha value is -2.29. The fraction of sp³-hybridized carbons (Fsp3) is 0.438. The number of halogens is 1. The number of hydrogen-bond donors (Lipinski definition) is 2. The molecule has 0 saturated carbocycles. The van der Waals surface area contributed by atoms with Crippen molar-refractivity contribution in [1.29, 1.82) is 0 Å². The van der Waals surface area contributed by atoms with E-state index in [4.69, 9.17) is 0 Å². The van der Waals surface area contributed by atoms with Gasteiger partial charge in [-0.2, -0.15) is 5.21 Å². The maximum Gasteiger partial charge on any atom is 0.240 e. The average molecular weight is 407 g/mol. The largest absolute Gasteiger partial charge is 0.355 e. The monoisotopic (exact) mass is 406 g/mol. The lowest BCUT2D eigenvalue weighted by molar-refractivity contribution is -0.125. The fourth-order valence-corrected chi connectivity index (χ4v) is 3.29.